The van der Waals surface area contributed by atoms with E-state index in [0.29, 0.717) is 13.0 Å². The summed E-state index contributed by atoms with van der Waals surface area (Å²) in [4.78, 5) is 25.2. The molecular weight excluding hydrogens is 258 g/mol. The number of carbonyl (C=O) groups is 2. The summed E-state index contributed by atoms with van der Waals surface area (Å²) in [5, 5.41) is 14.7. The summed E-state index contributed by atoms with van der Waals surface area (Å²) in [7, 11) is 0. The minimum absolute atomic E-state index is 0.217. The fourth-order valence-electron chi connectivity index (χ4n) is 3.16. The van der Waals surface area contributed by atoms with Gasteiger partial charge >= 0.3 is 12.0 Å². The molecule has 1 saturated carbocycles. The normalized spacial score (nSPS) is 26.6. The van der Waals surface area contributed by atoms with Crippen LogP contribution in [-0.2, 0) is 4.79 Å². The van der Waals surface area contributed by atoms with Gasteiger partial charge in [-0.1, -0.05) is 6.42 Å². The van der Waals surface area contributed by atoms with Gasteiger partial charge in [0.2, 0.25) is 0 Å². The fourth-order valence-corrected chi connectivity index (χ4v) is 3.16. The van der Waals surface area contributed by atoms with Crippen LogP contribution in [0.2, 0.25) is 0 Å². The maximum absolute atomic E-state index is 11.7. The first-order valence-corrected chi connectivity index (χ1v) is 7.66. The second kappa shape index (κ2) is 7.47. The van der Waals surface area contributed by atoms with Crippen LogP contribution in [0.5, 0.6) is 0 Å². The molecule has 0 aromatic rings. The SMILES string of the molecule is O=C(NCCCN1CCCC1)NC1CCCC1C(=O)O. The largest absolute Gasteiger partial charge is 0.481 e. The Morgan fingerprint density at radius 2 is 1.90 bits per heavy atom. The molecule has 6 heteroatoms. The van der Waals surface area contributed by atoms with Gasteiger partial charge in [-0.15, -0.1) is 0 Å². The molecule has 0 aromatic carbocycles. The number of likely N-dealkylation sites (tertiary alicyclic amines) is 1. The average molecular weight is 283 g/mol. The van der Waals surface area contributed by atoms with Crippen LogP contribution >= 0.6 is 0 Å². The molecule has 1 saturated heterocycles. The number of amides is 2. The van der Waals surface area contributed by atoms with E-state index in [1.807, 2.05) is 0 Å². The maximum atomic E-state index is 11.7. The number of rotatable bonds is 6. The van der Waals surface area contributed by atoms with Crippen molar-refractivity contribution in [3.8, 4) is 0 Å². The van der Waals surface area contributed by atoms with E-state index in [9.17, 15) is 9.59 Å². The van der Waals surface area contributed by atoms with Gasteiger partial charge in [0.05, 0.1) is 5.92 Å². The van der Waals surface area contributed by atoms with Crippen molar-refractivity contribution in [1.29, 1.82) is 0 Å². The van der Waals surface area contributed by atoms with Crippen LogP contribution in [0.25, 0.3) is 0 Å². The van der Waals surface area contributed by atoms with E-state index in [0.717, 1.165) is 25.8 Å². The molecule has 0 radical (unpaired) electrons. The number of carboxylic acid groups (broad SMARTS) is 1. The number of hydrogen-bond acceptors (Lipinski definition) is 3. The van der Waals surface area contributed by atoms with Crippen molar-refractivity contribution in [2.75, 3.05) is 26.2 Å². The Morgan fingerprint density at radius 3 is 2.60 bits per heavy atom. The molecule has 114 valence electrons. The number of urea groups is 1. The van der Waals surface area contributed by atoms with Crippen LogP contribution < -0.4 is 10.6 Å². The molecule has 2 atom stereocenters. The zero-order valence-electron chi connectivity index (χ0n) is 11.9. The Labute approximate surface area is 119 Å². The fraction of sp³-hybridized carbons (Fsp3) is 0.857. The van der Waals surface area contributed by atoms with Gasteiger partial charge in [-0.3, -0.25) is 4.79 Å². The first kappa shape index (κ1) is 15.1. The smallest absolute Gasteiger partial charge is 0.315 e. The van der Waals surface area contributed by atoms with Gasteiger partial charge in [0.15, 0.2) is 0 Å². The van der Waals surface area contributed by atoms with Crippen molar-refractivity contribution in [2.45, 2.75) is 44.6 Å². The van der Waals surface area contributed by atoms with Crippen LogP contribution in [0, 0.1) is 5.92 Å². The summed E-state index contributed by atoms with van der Waals surface area (Å²) >= 11 is 0. The summed E-state index contributed by atoms with van der Waals surface area (Å²) in [6, 6.07) is -0.448. The van der Waals surface area contributed by atoms with Crippen molar-refractivity contribution in [3.05, 3.63) is 0 Å². The van der Waals surface area contributed by atoms with Crippen LogP contribution in [-0.4, -0.2) is 54.2 Å². The predicted molar refractivity (Wildman–Crippen MR) is 75.6 cm³/mol. The van der Waals surface area contributed by atoms with Gasteiger partial charge in [-0.25, -0.2) is 4.79 Å². The average Bonchev–Trinajstić information content (AvgIpc) is 3.05. The standard InChI is InChI=1S/C14H25N3O3/c18-13(19)11-5-3-6-12(11)16-14(20)15-7-4-10-17-8-1-2-9-17/h11-12H,1-10H2,(H,18,19)(H2,15,16,20). The molecule has 0 spiro atoms. The molecule has 1 aliphatic heterocycles. The first-order chi connectivity index (χ1) is 9.66. The lowest BCUT2D eigenvalue weighted by Crippen LogP contribution is -2.45. The number of carbonyl (C=O) groups excluding carboxylic acids is 1. The number of nitrogens with one attached hydrogen (secondary N) is 2. The molecule has 2 aliphatic rings. The topological polar surface area (TPSA) is 81.7 Å². The van der Waals surface area contributed by atoms with Crippen LogP contribution in [0.3, 0.4) is 0 Å². The summed E-state index contributed by atoms with van der Waals surface area (Å²) in [5.41, 5.74) is 0. The van der Waals surface area contributed by atoms with Crippen molar-refractivity contribution in [3.63, 3.8) is 0 Å². The van der Waals surface area contributed by atoms with Crippen LogP contribution in [0.1, 0.15) is 38.5 Å². The van der Waals surface area contributed by atoms with Crippen molar-refractivity contribution in [1.82, 2.24) is 15.5 Å². The summed E-state index contributed by atoms with van der Waals surface area (Å²) < 4.78 is 0. The molecule has 0 aromatic heterocycles. The highest BCUT2D eigenvalue weighted by molar-refractivity contribution is 5.76. The number of nitrogens with zero attached hydrogens (tertiary/aromatic N) is 1. The maximum Gasteiger partial charge on any atom is 0.315 e. The van der Waals surface area contributed by atoms with E-state index < -0.39 is 11.9 Å². The Kier molecular flexibility index (Phi) is 5.64. The lowest BCUT2D eigenvalue weighted by molar-refractivity contribution is -0.142. The van der Waals surface area contributed by atoms with Gasteiger partial charge in [0.1, 0.15) is 0 Å². The zero-order valence-corrected chi connectivity index (χ0v) is 11.9. The lowest BCUT2D eigenvalue weighted by Gasteiger charge is -2.18. The van der Waals surface area contributed by atoms with Gasteiger partial charge in [-0.05, 0) is 51.7 Å². The molecule has 3 N–H and O–H groups in total. The molecule has 2 amide bonds. The van der Waals surface area contributed by atoms with Gasteiger partial charge in [-0.2, -0.15) is 0 Å². The van der Waals surface area contributed by atoms with Gasteiger partial charge in [0, 0.05) is 12.6 Å². The predicted octanol–water partition coefficient (Wildman–Crippen LogP) is 1.02. The molecule has 6 nitrogen and oxygen atoms in total. The third kappa shape index (κ3) is 4.37. The highest BCUT2D eigenvalue weighted by atomic mass is 16.4. The second-order valence-corrected chi connectivity index (χ2v) is 5.78. The Morgan fingerprint density at radius 1 is 1.15 bits per heavy atom. The van der Waals surface area contributed by atoms with Crippen molar-refractivity contribution in [2.24, 2.45) is 5.92 Å². The summed E-state index contributed by atoms with van der Waals surface area (Å²) in [6.07, 6.45) is 5.81. The third-order valence-electron chi connectivity index (χ3n) is 4.29. The second-order valence-electron chi connectivity index (χ2n) is 5.78. The third-order valence-corrected chi connectivity index (χ3v) is 4.29. The van der Waals surface area contributed by atoms with E-state index in [4.69, 9.17) is 5.11 Å². The van der Waals surface area contributed by atoms with Crippen molar-refractivity contribution < 1.29 is 14.7 Å². The van der Waals surface area contributed by atoms with E-state index in [1.54, 1.807) is 0 Å². The first-order valence-electron chi connectivity index (χ1n) is 7.66. The monoisotopic (exact) mass is 283 g/mol. The summed E-state index contributed by atoms with van der Waals surface area (Å²) in [6.45, 7) is 4.03. The number of carboxylic acids is 1. The lowest BCUT2D eigenvalue weighted by atomic mass is 10.0. The number of aliphatic carboxylic acids is 1. The molecule has 1 heterocycles. The van der Waals surface area contributed by atoms with Gasteiger partial charge < -0.3 is 20.6 Å². The quantitative estimate of drug-likeness (QED) is 0.636. The Balaban J connectivity index is 1.58. The zero-order chi connectivity index (χ0) is 14.4. The van der Waals surface area contributed by atoms with Crippen LogP contribution in [0.15, 0.2) is 0 Å². The minimum Gasteiger partial charge on any atom is -0.481 e. The molecule has 2 unspecified atom stereocenters. The van der Waals surface area contributed by atoms with Crippen LogP contribution in [0.4, 0.5) is 4.79 Å². The Hall–Kier alpha value is -1.30. The number of hydrogen-bond donors (Lipinski definition) is 3. The molecular formula is C14H25N3O3. The highest BCUT2D eigenvalue weighted by Gasteiger charge is 2.33. The molecule has 2 rings (SSSR count). The molecule has 2 fully saturated rings. The molecule has 0 bridgehead atoms. The van der Waals surface area contributed by atoms with E-state index in [2.05, 4.69) is 15.5 Å². The van der Waals surface area contributed by atoms with E-state index in [-0.39, 0.29) is 12.1 Å². The summed E-state index contributed by atoms with van der Waals surface area (Å²) in [5.74, 6) is -1.23. The minimum atomic E-state index is -0.804. The van der Waals surface area contributed by atoms with E-state index >= 15 is 0 Å². The van der Waals surface area contributed by atoms with E-state index in [1.165, 1.54) is 25.9 Å². The molecule has 1 aliphatic carbocycles. The molecule has 20 heavy (non-hydrogen) atoms. The highest BCUT2D eigenvalue weighted by Crippen LogP contribution is 2.25. The van der Waals surface area contributed by atoms with Gasteiger partial charge in [0.25, 0.3) is 0 Å². The van der Waals surface area contributed by atoms with Crippen molar-refractivity contribution >= 4 is 12.0 Å². The Bertz CT molecular complexity index is 343.